The predicted octanol–water partition coefficient (Wildman–Crippen LogP) is 3.50. The smallest absolute Gasteiger partial charge is 0.255 e. The third kappa shape index (κ3) is 3.31. The maximum atomic E-state index is 12.6. The number of H-pyrrole nitrogens is 1. The summed E-state index contributed by atoms with van der Waals surface area (Å²) in [7, 11) is 1.85. The Morgan fingerprint density at radius 3 is 2.81 bits per heavy atom. The van der Waals surface area contributed by atoms with Crippen LogP contribution in [0.3, 0.4) is 0 Å². The monoisotopic (exact) mass is 420 g/mol. The van der Waals surface area contributed by atoms with Gasteiger partial charge >= 0.3 is 0 Å². The normalized spacial score (nSPS) is 11.6. The van der Waals surface area contributed by atoms with E-state index in [-0.39, 0.29) is 0 Å². The van der Waals surface area contributed by atoms with Crippen LogP contribution in [0.4, 0.5) is 8.78 Å². The number of halogens is 2. The summed E-state index contributed by atoms with van der Waals surface area (Å²) in [5.41, 5.74) is 5.82. The Morgan fingerprint density at radius 1 is 1.16 bits per heavy atom. The predicted molar refractivity (Wildman–Crippen MR) is 113 cm³/mol. The maximum Gasteiger partial charge on any atom is 0.255 e. The van der Waals surface area contributed by atoms with Crippen LogP contribution < -0.4 is 5.32 Å². The molecule has 5 rings (SSSR count). The van der Waals surface area contributed by atoms with E-state index in [9.17, 15) is 8.78 Å². The van der Waals surface area contributed by atoms with E-state index < -0.39 is 13.0 Å². The molecule has 5 aromatic heterocycles. The van der Waals surface area contributed by atoms with Crippen LogP contribution in [-0.4, -0.2) is 47.1 Å². The molecule has 0 saturated heterocycles. The first-order valence-corrected chi connectivity index (χ1v) is 9.51. The van der Waals surface area contributed by atoms with Gasteiger partial charge in [-0.15, -0.1) is 0 Å². The first kappa shape index (κ1) is 18.9. The molecule has 0 saturated carbocycles. The van der Waals surface area contributed by atoms with Crippen molar-refractivity contribution in [3.63, 3.8) is 0 Å². The lowest BCUT2D eigenvalue weighted by Crippen LogP contribution is -2.19. The van der Waals surface area contributed by atoms with Crippen molar-refractivity contribution in [1.29, 1.82) is 0 Å². The molecule has 0 aliphatic carbocycles. The number of imidazole rings is 1. The minimum absolute atomic E-state index is 0.378. The number of aryl methyl sites for hydroxylation is 1. The van der Waals surface area contributed by atoms with Crippen molar-refractivity contribution in [2.24, 2.45) is 7.05 Å². The number of aromatic amines is 1. The second-order valence-electron chi connectivity index (χ2n) is 7.09. The lowest BCUT2D eigenvalue weighted by atomic mass is 10.0. The molecule has 5 heterocycles. The Bertz CT molecular complexity index is 1410. The highest BCUT2D eigenvalue weighted by atomic mass is 19.3. The zero-order valence-corrected chi connectivity index (χ0v) is 16.5. The van der Waals surface area contributed by atoms with Gasteiger partial charge in [0.25, 0.3) is 6.43 Å². The van der Waals surface area contributed by atoms with Gasteiger partial charge in [-0.05, 0) is 12.1 Å². The number of nitrogens with one attached hydrogen (secondary N) is 2. The topological polar surface area (TPSA) is 88.7 Å². The SMILES string of the molecule is C=C(NCC(F)F)c1cnc2ccc(-c3c[nH]c4ncnc(-c5cnn(C)c5)c34)cn12. The van der Waals surface area contributed by atoms with Gasteiger partial charge in [-0.1, -0.05) is 6.58 Å². The number of alkyl halides is 2. The van der Waals surface area contributed by atoms with Gasteiger partial charge in [0.2, 0.25) is 0 Å². The first-order valence-electron chi connectivity index (χ1n) is 9.51. The van der Waals surface area contributed by atoms with Crippen molar-refractivity contribution in [1.82, 2.24) is 39.4 Å². The molecule has 0 radical (unpaired) electrons. The van der Waals surface area contributed by atoms with Crippen molar-refractivity contribution in [3.8, 4) is 22.4 Å². The highest BCUT2D eigenvalue weighted by Crippen LogP contribution is 2.34. The number of pyridine rings is 1. The number of rotatable bonds is 6. The third-order valence-electron chi connectivity index (χ3n) is 5.04. The molecule has 10 heteroatoms. The Labute approximate surface area is 175 Å². The molecule has 0 aliphatic heterocycles. The summed E-state index contributed by atoms with van der Waals surface area (Å²) < 4.78 is 28.7. The van der Waals surface area contributed by atoms with E-state index in [0.717, 1.165) is 27.8 Å². The van der Waals surface area contributed by atoms with Crippen LogP contribution in [0, 0.1) is 0 Å². The molecule has 0 unspecified atom stereocenters. The zero-order chi connectivity index (χ0) is 21.5. The number of nitrogens with zero attached hydrogens (tertiary/aromatic N) is 6. The molecule has 0 spiro atoms. The van der Waals surface area contributed by atoms with E-state index in [1.54, 1.807) is 17.1 Å². The summed E-state index contributed by atoms with van der Waals surface area (Å²) in [5.74, 6) is 0. The van der Waals surface area contributed by atoms with Gasteiger partial charge in [-0.25, -0.2) is 23.7 Å². The van der Waals surface area contributed by atoms with Crippen molar-refractivity contribution >= 4 is 22.4 Å². The number of hydrogen-bond donors (Lipinski definition) is 2. The summed E-state index contributed by atoms with van der Waals surface area (Å²) in [6, 6.07) is 3.82. The quantitative estimate of drug-likeness (QED) is 0.439. The van der Waals surface area contributed by atoms with Crippen LogP contribution in [0.1, 0.15) is 5.69 Å². The van der Waals surface area contributed by atoms with Crippen LogP contribution in [0.2, 0.25) is 0 Å². The fourth-order valence-corrected chi connectivity index (χ4v) is 3.61. The summed E-state index contributed by atoms with van der Waals surface area (Å²) >= 11 is 0. The highest BCUT2D eigenvalue weighted by molar-refractivity contribution is 6.02. The molecule has 2 N–H and O–H groups in total. The second-order valence-corrected chi connectivity index (χ2v) is 7.09. The molecule has 0 fully saturated rings. The van der Waals surface area contributed by atoms with E-state index in [2.05, 4.69) is 36.9 Å². The van der Waals surface area contributed by atoms with Crippen LogP contribution in [0.25, 0.3) is 44.8 Å². The third-order valence-corrected chi connectivity index (χ3v) is 5.04. The molecule has 0 aromatic carbocycles. The van der Waals surface area contributed by atoms with Crippen LogP contribution in [-0.2, 0) is 7.05 Å². The van der Waals surface area contributed by atoms with Crippen LogP contribution in [0.5, 0.6) is 0 Å². The summed E-state index contributed by atoms with van der Waals surface area (Å²) in [4.78, 5) is 16.4. The Kier molecular flexibility index (Phi) is 4.46. The summed E-state index contributed by atoms with van der Waals surface area (Å²) in [5, 5.41) is 7.76. The van der Waals surface area contributed by atoms with Gasteiger partial charge in [0, 0.05) is 42.3 Å². The second kappa shape index (κ2) is 7.31. The molecule has 0 aliphatic rings. The van der Waals surface area contributed by atoms with Crippen LogP contribution >= 0.6 is 0 Å². The molecule has 0 atom stereocenters. The zero-order valence-electron chi connectivity index (χ0n) is 16.5. The van der Waals surface area contributed by atoms with Crippen molar-refractivity contribution < 1.29 is 8.78 Å². The molecule has 0 bridgehead atoms. The largest absolute Gasteiger partial charge is 0.378 e. The number of hydrogen-bond acceptors (Lipinski definition) is 5. The summed E-state index contributed by atoms with van der Waals surface area (Å²) in [6.07, 6.45) is 8.09. The lowest BCUT2D eigenvalue weighted by Gasteiger charge is -2.10. The molecule has 156 valence electrons. The van der Waals surface area contributed by atoms with Gasteiger partial charge in [-0.2, -0.15) is 5.10 Å². The first-order chi connectivity index (χ1) is 15.0. The lowest BCUT2D eigenvalue weighted by molar-refractivity contribution is 0.151. The van der Waals surface area contributed by atoms with E-state index in [0.29, 0.717) is 22.7 Å². The molecule has 0 amide bonds. The van der Waals surface area contributed by atoms with Crippen LogP contribution in [0.15, 0.2) is 56.0 Å². The minimum atomic E-state index is -2.47. The molecular formula is C21H18F2N8. The fourth-order valence-electron chi connectivity index (χ4n) is 3.61. The Hall–Kier alpha value is -4.08. The van der Waals surface area contributed by atoms with Crippen molar-refractivity contribution in [2.75, 3.05) is 6.54 Å². The number of aromatic nitrogens is 7. The fraction of sp³-hybridized carbons (Fsp3) is 0.143. The molecule has 31 heavy (non-hydrogen) atoms. The van der Waals surface area contributed by atoms with E-state index in [1.807, 2.05) is 42.2 Å². The highest BCUT2D eigenvalue weighted by Gasteiger charge is 2.17. The Balaban J connectivity index is 1.63. The van der Waals surface area contributed by atoms with Gasteiger partial charge in [0.05, 0.1) is 41.4 Å². The van der Waals surface area contributed by atoms with Gasteiger partial charge < -0.3 is 10.3 Å². The summed E-state index contributed by atoms with van der Waals surface area (Å²) in [6.45, 7) is 3.40. The average Bonchev–Trinajstić information content (AvgIpc) is 3.49. The van der Waals surface area contributed by atoms with Gasteiger partial charge in [0.1, 0.15) is 17.6 Å². The van der Waals surface area contributed by atoms with Crippen molar-refractivity contribution in [3.05, 3.63) is 61.7 Å². The van der Waals surface area contributed by atoms with E-state index >= 15 is 0 Å². The molecule has 8 nitrogen and oxygen atoms in total. The molecular weight excluding hydrogens is 402 g/mol. The minimum Gasteiger partial charge on any atom is -0.378 e. The van der Waals surface area contributed by atoms with Gasteiger partial charge in [-0.3, -0.25) is 9.08 Å². The maximum absolute atomic E-state index is 12.6. The van der Waals surface area contributed by atoms with E-state index in [1.165, 1.54) is 6.33 Å². The standard InChI is InChI=1S/C21H18F2N8/c1-12(24-8-17(22)23)16-7-25-18-4-3-13(10-31(16)18)15-6-26-21-19(15)20(27-11-28-21)14-5-29-30(2)9-14/h3-7,9-11,17,24H,1,8H2,2H3,(H,26,27,28). The Morgan fingerprint density at radius 2 is 2.03 bits per heavy atom. The van der Waals surface area contributed by atoms with Gasteiger partial charge in [0.15, 0.2) is 0 Å². The van der Waals surface area contributed by atoms with E-state index in [4.69, 9.17) is 0 Å². The number of fused-ring (bicyclic) bond motifs is 2. The molecule has 5 aromatic rings. The average molecular weight is 420 g/mol. The van der Waals surface area contributed by atoms with Crippen molar-refractivity contribution in [2.45, 2.75) is 6.43 Å².